The number of hydrogen-bond acceptors (Lipinski definition) is 4. The topological polar surface area (TPSA) is 42.7 Å². The second kappa shape index (κ2) is 7.67. The van der Waals surface area contributed by atoms with Crippen LogP contribution in [0, 0.1) is 0 Å². The van der Waals surface area contributed by atoms with Gasteiger partial charge in [-0.05, 0) is 67.5 Å². The lowest BCUT2D eigenvalue weighted by Gasteiger charge is -2.30. The van der Waals surface area contributed by atoms with Crippen molar-refractivity contribution in [2.75, 3.05) is 13.3 Å². The largest absolute Gasteiger partial charge is 0.478 e. The summed E-state index contributed by atoms with van der Waals surface area (Å²) in [7, 11) is 0. The van der Waals surface area contributed by atoms with Crippen LogP contribution in [-0.4, -0.2) is 18.2 Å². The van der Waals surface area contributed by atoms with E-state index in [1.54, 1.807) is 6.07 Å². The molecule has 1 aromatic heterocycles. The first-order valence-electron chi connectivity index (χ1n) is 9.99. The number of benzene rings is 2. The summed E-state index contributed by atoms with van der Waals surface area (Å²) >= 11 is 12.3. The van der Waals surface area contributed by atoms with Crippen LogP contribution in [0.5, 0.6) is 5.75 Å². The Kier molecular flexibility index (Phi) is 5.02. The molecule has 5 rings (SSSR count). The van der Waals surface area contributed by atoms with Gasteiger partial charge in [0, 0.05) is 34.1 Å². The van der Waals surface area contributed by atoms with Gasteiger partial charge in [-0.15, -0.1) is 0 Å². The van der Waals surface area contributed by atoms with Crippen molar-refractivity contribution in [3.05, 3.63) is 73.1 Å². The van der Waals surface area contributed by atoms with Crippen molar-refractivity contribution in [3.8, 4) is 5.75 Å². The first-order valence-corrected chi connectivity index (χ1v) is 10.8. The van der Waals surface area contributed by atoms with Crippen molar-refractivity contribution in [2.45, 2.75) is 38.6 Å². The second-order valence-corrected chi connectivity index (χ2v) is 8.63. The lowest BCUT2D eigenvalue weighted by atomic mass is 9.90. The molecule has 1 aliphatic heterocycles. The molecule has 2 aliphatic rings. The number of halogens is 2. The van der Waals surface area contributed by atoms with Crippen LogP contribution in [0.3, 0.4) is 0 Å². The third kappa shape index (κ3) is 3.54. The Morgan fingerprint density at radius 1 is 1.00 bits per heavy atom. The van der Waals surface area contributed by atoms with Gasteiger partial charge in [0.1, 0.15) is 18.1 Å². The van der Waals surface area contributed by atoms with Gasteiger partial charge in [0.15, 0.2) is 0 Å². The van der Waals surface area contributed by atoms with Crippen LogP contribution in [-0.2, 0) is 25.8 Å². The van der Waals surface area contributed by atoms with Crippen LogP contribution in [0.1, 0.15) is 35.1 Å². The molecule has 0 unspecified atom stereocenters. The minimum absolute atomic E-state index is 0.189. The van der Waals surface area contributed by atoms with Crippen LogP contribution >= 0.6 is 23.2 Å². The minimum atomic E-state index is -0.189. The first-order chi connectivity index (χ1) is 14.1. The smallest absolute Gasteiger partial charge is 0.339 e. The summed E-state index contributed by atoms with van der Waals surface area (Å²) in [4.78, 5) is 14.8. The molecule has 0 saturated heterocycles. The van der Waals surface area contributed by atoms with Gasteiger partial charge in [0.05, 0.1) is 5.56 Å². The maximum atomic E-state index is 12.6. The van der Waals surface area contributed by atoms with E-state index in [1.165, 1.54) is 0 Å². The van der Waals surface area contributed by atoms with Crippen molar-refractivity contribution in [3.63, 3.8) is 0 Å². The highest BCUT2D eigenvalue weighted by atomic mass is 35.5. The van der Waals surface area contributed by atoms with E-state index < -0.39 is 0 Å². The maximum Gasteiger partial charge on any atom is 0.339 e. The molecule has 0 N–H and O–H groups in total. The fourth-order valence-electron chi connectivity index (χ4n) is 4.41. The van der Waals surface area contributed by atoms with Gasteiger partial charge in [-0.3, -0.25) is 4.90 Å². The summed E-state index contributed by atoms with van der Waals surface area (Å²) in [6.07, 6.45) is 4.72. The van der Waals surface area contributed by atoms with Gasteiger partial charge in [-0.1, -0.05) is 29.3 Å². The van der Waals surface area contributed by atoms with Crippen molar-refractivity contribution in [2.24, 2.45) is 0 Å². The van der Waals surface area contributed by atoms with Crippen LogP contribution in [0.15, 0.2) is 39.5 Å². The minimum Gasteiger partial charge on any atom is -0.478 e. The molecule has 2 heterocycles. The first kappa shape index (κ1) is 19.0. The summed E-state index contributed by atoms with van der Waals surface area (Å²) in [5.74, 6) is 0.803. The molecule has 0 saturated carbocycles. The highest BCUT2D eigenvalue weighted by Gasteiger charge is 2.25. The third-order valence-corrected chi connectivity index (χ3v) is 6.54. The lowest BCUT2D eigenvalue weighted by molar-refractivity contribution is 0.0967. The number of fused-ring (bicyclic) bond motifs is 5. The Balaban J connectivity index is 1.44. The van der Waals surface area contributed by atoms with Gasteiger partial charge in [0.25, 0.3) is 0 Å². The third-order valence-electron chi connectivity index (χ3n) is 5.95. The van der Waals surface area contributed by atoms with E-state index in [1.807, 2.05) is 24.3 Å². The summed E-state index contributed by atoms with van der Waals surface area (Å²) < 4.78 is 11.8. The monoisotopic (exact) mass is 429 g/mol. The van der Waals surface area contributed by atoms with Crippen LogP contribution in [0.25, 0.3) is 11.0 Å². The molecule has 3 aromatic rings. The van der Waals surface area contributed by atoms with Crippen molar-refractivity contribution in [1.82, 2.24) is 4.90 Å². The second-order valence-electron chi connectivity index (χ2n) is 7.78. The Hall–Kier alpha value is -2.01. The van der Waals surface area contributed by atoms with E-state index in [-0.39, 0.29) is 5.63 Å². The molecule has 150 valence electrons. The molecule has 29 heavy (non-hydrogen) atoms. The average Bonchev–Trinajstić information content (AvgIpc) is 2.73. The molecule has 6 heteroatoms. The average molecular weight is 430 g/mol. The van der Waals surface area contributed by atoms with Crippen LogP contribution < -0.4 is 10.4 Å². The fraction of sp³-hybridized carbons (Fsp3) is 0.348. The highest BCUT2D eigenvalue weighted by molar-refractivity contribution is 6.35. The molecule has 0 amide bonds. The zero-order valence-corrected chi connectivity index (χ0v) is 17.5. The number of aryl methyl sites for hydroxylation is 1. The van der Waals surface area contributed by atoms with Gasteiger partial charge in [-0.2, -0.15) is 0 Å². The number of nitrogens with zero attached hydrogens (tertiary/aromatic N) is 1. The SMILES string of the molecule is O=c1oc2c3c(ccc2c2c1CCCC2)OCN(CCc1ccc(Cl)cc1Cl)C3. The predicted octanol–water partition coefficient (Wildman–Crippen LogP) is 5.37. The zero-order valence-electron chi connectivity index (χ0n) is 16.0. The predicted molar refractivity (Wildman–Crippen MR) is 115 cm³/mol. The molecule has 4 nitrogen and oxygen atoms in total. The zero-order chi connectivity index (χ0) is 20.0. The number of rotatable bonds is 3. The van der Waals surface area contributed by atoms with E-state index in [0.717, 1.165) is 72.0 Å². The normalized spacial score (nSPS) is 16.3. The molecular formula is C23H21Cl2NO3. The summed E-state index contributed by atoms with van der Waals surface area (Å²) in [6.45, 7) is 1.96. The molecule has 0 spiro atoms. The Bertz CT molecular complexity index is 1160. The van der Waals surface area contributed by atoms with E-state index in [4.69, 9.17) is 32.4 Å². The highest BCUT2D eigenvalue weighted by Crippen LogP contribution is 2.35. The van der Waals surface area contributed by atoms with Crippen LogP contribution in [0.2, 0.25) is 10.0 Å². The summed E-state index contributed by atoms with van der Waals surface area (Å²) in [5.41, 5.74) is 4.53. The summed E-state index contributed by atoms with van der Waals surface area (Å²) in [5, 5.41) is 2.38. The quantitative estimate of drug-likeness (QED) is 0.524. The van der Waals surface area contributed by atoms with Gasteiger partial charge in [-0.25, -0.2) is 4.79 Å². The van der Waals surface area contributed by atoms with E-state index in [9.17, 15) is 4.79 Å². The van der Waals surface area contributed by atoms with E-state index >= 15 is 0 Å². The van der Waals surface area contributed by atoms with Crippen LogP contribution in [0.4, 0.5) is 0 Å². The number of hydrogen-bond donors (Lipinski definition) is 0. The molecule has 0 radical (unpaired) electrons. The Morgan fingerprint density at radius 2 is 1.83 bits per heavy atom. The molecule has 0 atom stereocenters. The fourth-order valence-corrected chi connectivity index (χ4v) is 4.91. The van der Waals surface area contributed by atoms with Gasteiger partial charge < -0.3 is 9.15 Å². The standard InChI is InChI=1S/C23H21Cl2NO3/c24-15-6-5-14(20(25)11-15)9-10-26-12-19-21(28-13-26)8-7-17-16-3-1-2-4-18(16)23(27)29-22(17)19/h5-8,11H,1-4,9-10,12-13H2. The number of ether oxygens (including phenoxy) is 1. The van der Waals surface area contributed by atoms with E-state index in [2.05, 4.69) is 4.90 Å². The van der Waals surface area contributed by atoms with E-state index in [0.29, 0.717) is 28.9 Å². The Morgan fingerprint density at radius 3 is 2.66 bits per heavy atom. The van der Waals surface area contributed by atoms with Crippen molar-refractivity contribution < 1.29 is 9.15 Å². The van der Waals surface area contributed by atoms with Gasteiger partial charge >= 0.3 is 5.63 Å². The molecule has 2 aromatic carbocycles. The summed E-state index contributed by atoms with van der Waals surface area (Å²) in [6, 6.07) is 9.65. The molecular weight excluding hydrogens is 409 g/mol. The molecule has 1 aliphatic carbocycles. The maximum absolute atomic E-state index is 12.6. The van der Waals surface area contributed by atoms with Gasteiger partial charge in [0.2, 0.25) is 0 Å². The van der Waals surface area contributed by atoms with Crippen molar-refractivity contribution in [1.29, 1.82) is 0 Å². The van der Waals surface area contributed by atoms with Crippen molar-refractivity contribution >= 4 is 34.2 Å². The lowest BCUT2D eigenvalue weighted by Crippen LogP contribution is -2.34. The molecule has 0 fully saturated rings. The Labute approximate surface area is 179 Å². The molecule has 0 bridgehead atoms.